The van der Waals surface area contributed by atoms with Crippen LogP contribution in [0.25, 0.3) is 11.3 Å². The van der Waals surface area contributed by atoms with E-state index >= 15 is 0 Å². The number of aromatic nitrogens is 1. The van der Waals surface area contributed by atoms with Gasteiger partial charge in [-0.2, -0.15) is 0 Å². The second kappa shape index (κ2) is 8.90. The van der Waals surface area contributed by atoms with Crippen LogP contribution in [0.5, 0.6) is 11.5 Å². The molecule has 1 aliphatic rings. The fraction of sp³-hybridized carbons (Fsp3) is 0.500. The van der Waals surface area contributed by atoms with Crippen LogP contribution >= 0.6 is 0 Å². The number of rotatable bonds is 8. The molecule has 0 bridgehead atoms. The highest BCUT2D eigenvalue weighted by Gasteiger charge is 2.19. The molecule has 0 aliphatic carbocycles. The summed E-state index contributed by atoms with van der Waals surface area (Å²) in [5.41, 5.74) is 0.939. The molecule has 1 saturated heterocycles. The number of carbonyl (C=O) groups excluding carboxylic acids is 1. The predicted molar refractivity (Wildman–Crippen MR) is 102 cm³/mol. The fourth-order valence-corrected chi connectivity index (χ4v) is 3.34. The maximum Gasteiger partial charge on any atom is 0.273 e. The van der Waals surface area contributed by atoms with Gasteiger partial charge in [0.2, 0.25) is 0 Å². The van der Waals surface area contributed by atoms with E-state index in [-0.39, 0.29) is 11.6 Å². The van der Waals surface area contributed by atoms with E-state index in [2.05, 4.69) is 22.3 Å². The second-order valence-corrected chi connectivity index (χ2v) is 6.97. The molecule has 2 aromatic rings. The molecular formula is C20H27N3O4. The van der Waals surface area contributed by atoms with Crippen LogP contribution in [-0.4, -0.2) is 56.4 Å². The topological polar surface area (TPSA) is 76.8 Å². The van der Waals surface area contributed by atoms with Gasteiger partial charge in [0.05, 0.1) is 19.8 Å². The van der Waals surface area contributed by atoms with Crippen molar-refractivity contribution in [2.45, 2.75) is 19.8 Å². The average Bonchev–Trinajstić information content (AvgIpc) is 3.37. The van der Waals surface area contributed by atoms with Gasteiger partial charge in [0.15, 0.2) is 11.5 Å². The van der Waals surface area contributed by atoms with Gasteiger partial charge < -0.3 is 24.2 Å². The van der Waals surface area contributed by atoms with Crippen LogP contribution in [0, 0.1) is 5.92 Å². The molecule has 146 valence electrons. The van der Waals surface area contributed by atoms with Crippen LogP contribution < -0.4 is 14.8 Å². The van der Waals surface area contributed by atoms with Gasteiger partial charge in [-0.3, -0.25) is 4.79 Å². The lowest BCUT2D eigenvalue weighted by molar-refractivity contribution is 0.0936. The number of methoxy groups -OCH3 is 2. The highest BCUT2D eigenvalue weighted by molar-refractivity contribution is 5.93. The van der Waals surface area contributed by atoms with Crippen molar-refractivity contribution in [2.75, 3.05) is 40.4 Å². The number of amides is 1. The molecule has 27 heavy (non-hydrogen) atoms. The van der Waals surface area contributed by atoms with Gasteiger partial charge in [-0.1, -0.05) is 12.1 Å². The predicted octanol–water partition coefficient (Wildman–Crippen LogP) is 2.82. The SMILES string of the molecule is COc1ccc(OC)c(-c2cc(C(=O)NCC(C)CN3CCCC3)no2)c1. The smallest absolute Gasteiger partial charge is 0.273 e. The number of hydrogen-bond donors (Lipinski definition) is 1. The zero-order valence-corrected chi connectivity index (χ0v) is 16.2. The van der Waals surface area contributed by atoms with E-state index in [1.54, 1.807) is 38.5 Å². The van der Waals surface area contributed by atoms with Crippen LogP contribution in [0.2, 0.25) is 0 Å². The molecule has 1 aliphatic heterocycles. The van der Waals surface area contributed by atoms with E-state index in [0.717, 1.165) is 19.6 Å². The quantitative estimate of drug-likeness (QED) is 0.767. The molecule has 0 spiro atoms. The van der Waals surface area contributed by atoms with Crippen molar-refractivity contribution >= 4 is 5.91 Å². The Hall–Kier alpha value is -2.54. The molecule has 7 nitrogen and oxygen atoms in total. The molecule has 1 amide bonds. The van der Waals surface area contributed by atoms with Crippen molar-refractivity contribution in [1.29, 1.82) is 0 Å². The van der Waals surface area contributed by atoms with Gasteiger partial charge in [0.1, 0.15) is 11.5 Å². The van der Waals surface area contributed by atoms with Crippen LogP contribution in [-0.2, 0) is 0 Å². The lowest BCUT2D eigenvalue weighted by Crippen LogP contribution is -2.34. The van der Waals surface area contributed by atoms with Gasteiger partial charge in [0, 0.05) is 19.2 Å². The van der Waals surface area contributed by atoms with E-state index in [0.29, 0.717) is 35.3 Å². The number of nitrogens with one attached hydrogen (secondary N) is 1. The minimum absolute atomic E-state index is 0.236. The largest absolute Gasteiger partial charge is 0.497 e. The zero-order chi connectivity index (χ0) is 19.2. The van der Waals surface area contributed by atoms with E-state index in [1.807, 2.05) is 0 Å². The summed E-state index contributed by atoms with van der Waals surface area (Å²) in [6.45, 7) is 6.08. The van der Waals surface area contributed by atoms with Crippen molar-refractivity contribution in [3.05, 3.63) is 30.0 Å². The summed E-state index contributed by atoms with van der Waals surface area (Å²) in [4.78, 5) is 14.8. The van der Waals surface area contributed by atoms with Crippen molar-refractivity contribution in [3.63, 3.8) is 0 Å². The third kappa shape index (κ3) is 4.80. The van der Waals surface area contributed by atoms with Crippen LogP contribution in [0.15, 0.2) is 28.8 Å². The van der Waals surface area contributed by atoms with Gasteiger partial charge in [-0.05, 0) is 50.0 Å². The van der Waals surface area contributed by atoms with E-state index < -0.39 is 0 Å². The normalized spacial score (nSPS) is 15.5. The van der Waals surface area contributed by atoms with Crippen molar-refractivity contribution in [2.24, 2.45) is 5.92 Å². The molecule has 1 N–H and O–H groups in total. The second-order valence-electron chi connectivity index (χ2n) is 6.97. The molecule has 1 aromatic carbocycles. The zero-order valence-electron chi connectivity index (χ0n) is 16.2. The lowest BCUT2D eigenvalue weighted by atomic mass is 10.1. The van der Waals surface area contributed by atoms with E-state index in [4.69, 9.17) is 14.0 Å². The summed E-state index contributed by atoms with van der Waals surface area (Å²) in [7, 11) is 3.17. The maximum atomic E-state index is 12.4. The van der Waals surface area contributed by atoms with Crippen molar-refractivity contribution < 1.29 is 18.8 Å². The molecule has 1 unspecified atom stereocenters. The number of benzene rings is 1. The summed E-state index contributed by atoms with van der Waals surface area (Å²) >= 11 is 0. The van der Waals surface area contributed by atoms with Crippen LogP contribution in [0.3, 0.4) is 0 Å². The minimum Gasteiger partial charge on any atom is -0.497 e. The monoisotopic (exact) mass is 373 g/mol. The molecule has 1 fully saturated rings. The van der Waals surface area contributed by atoms with Gasteiger partial charge in [-0.15, -0.1) is 0 Å². The Labute approximate surface area is 159 Å². The Balaban J connectivity index is 1.62. The molecule has 2 heterocycles. The first-order valence-electron chi connectivity index (χ1n) is 9.30. The molecule has 1 aromatic heterocycles. The fourth-order valence-electron chi connectivity index (χ4n) is 3.34. The highest BCUT2D eigenvalue weighted by Crippen LogP contribution is 2.33. The highest BCUT2D eigenvalue weighted by atomic mass is 16.5. The third-order valence-electron chi connectivity index (χ3n) is 4.79. The molecule has 0 saturated carbocycles. The first-order chi connectivity index (χ1) is 13.1. The van der Waals surface area contributed by atoms with Gasteiger partial charge >= 0.3 is 0 Å². The van der Waals surface area contributed by atoms with Crippen LogP contribution in [0.1, 0.15) is 30.3 Å². The minimum atomic E-state index is -0.236. The lowest BCUT2D eigenvalue weighted by Gasteiger charge is -2.20. The number of ether oxygens (including phenoxy) is 2. The van der Waals surface area contributed by atoms with E-state index in [9.17, 15) is 4.79 Å². The molecular weight excluding hydrogens is 346 g/mol. The van der Waals surface area contributed by atoms with Gasteiger partial charge in [-0.25, -0.2) is 0 Å². The summed E-state index contributed by atoms with van der Waals surface area (Å²) in [5.74, 6) is 1.90. The Morgan fingerprint density at radius 1 is 1.26 bits per heavy atom. The standard InChI is InChI=1S/C20H27N3O4/c1-14(13-23-8-4-5-9-23)12-21-20(24)17-11-19(27-22-17)16-10-15(25-2)6-7-18(16)26-3/h6-7,10-11,14H,4-5,8-9,12-13H2,1-3H3,(H,21,24). The molecule has 7 heteroatoms. The maximum absolute atomic E-state index is 12.4. The Morgan fingerprint density at radius 3 is 2.74 bits per heavy atom. The first kappa shape index (κ1) is 19.2. The molecule has 3 rings (SSSR count). The number of likely N-dealkylation sites (tertiary alicyclic amines) is 1. The van der Waals surface area contributed by atoms with Gasteiger partial charge in [0.25, 0.3) is 5.91 Å². The summed E-state index contributed by atoms with van der Waals surface area (Å²) in [5, 5.41) is 6.86. The Bertz CT molecular complexity index is 768. The first-order valence-corrected chi connectivity index (χ1v) is 9.30. The van der Waals surface area contributed by atoms with E-state index in [1.165, 1.54) is 12.8 Å². The summed E-state index contributed by atoms with van der Waals surface area (Å²) < 4.78 is 16.0. The number of hydrogen-bond acceptors (Lipinski definition) is 6. The molecule has 0 radical (unpaired) electrons. The Kier molecular flexibility index (Phi) is 6.34. The van der Waals surface area contributed by atoms with Crippen molar-refractivity contribution in [3.8, 4) is 22.8 Å². The number of nitrogens with zero attached hydrogens (tertiary/aromatic N) is 2. The van der Waals surface area contributed by atoms with Crippen molar-refractivity contribution in [1.82, 2.24) is 15.4 Å². The van der Waals surface area contributed by atoms with Crippen LogP contribution in [0.4, 0.5) is 0 Å². The summed E-state index contributed by atoms with van der Waals surface area (Å²) in [6, 6.07) is 7.00. The third-order valence-corrected chi connectivity index (χ3v) is 4.79. The summed E-state index contributed by atoms with van der Waals surface area (Å²) in [6.07, 6.45) is 2.54. The average molecular weight is 373 g/mol. The number of carbonyl (C=O) groups is 1. The Morgan fingerprint density at radius 2 is 2.04 bits per heavy atom. The molecule has 1 atom stereocenters.